The molecule has 65 valence electrons. The Hall–Kier alpha value is -0.160. The Morgan fingerprint density at radius 3 is 2.92 bits per heavy atom. The van der Waals surface area contributed by atoms with Crippen molar-refractivity contribution in [1.82, 2.24) is 4.98 Å². The number of fused-ring (bicyclic) bond motifs is 1. The fraction of sp³-hybridized carbons (Fsp3) is 0.100. The minimum absolute atomic E-state index is 1.02. The van der Waals surface area contributed by atoms with E-state index in [1.165, 1.54) is 0 Å². The van der Waals surface area contributed by atoms with Crippen molar-refractivity contribution < 1.29 is 0 Å². The molecule has 0 aliphatic carbocycles. The number of aryl methyl sites for hydroxylation is 1. The summed E-state index contributed by atoms with van der Waals surface area (Å²) in [6.07, 6.45) is 2.96. The molecule has 2 aromatic rings. The largest absolute Gasteiger partial charge is 0.245 e. The van der Waals surface area contributed by atoms with E-state index in [0.29, 0.717) is 0 Å². The van der Waals surface area contributed by atoms with Crippen molar-refractivity contribution in [3.05, 3.63) is 38.0 Å². The first-order valence-electron chi connectivity index (χ1n) is 3.81. The summed E-state index contributed by atoms with van der Waals surface area (Å²) in [5, 5.41) is 1.16. The van der Waals surface area contributed by atoms with Gasteiger partial charge in [0, 0.05) is 13.4 Å². The van der Waals surface area contributed by atoms with Gasteiger partial charge in [0.2, 0.25) is 0 Å². The zero-order valence-corrected chi connectivity index (χ0v) is 10.7. The molecule has 3 heteroatoms. The molecule has 1 aromatic heterocycles. The second-order valence-electron chi connectivity index (χ2n) is 2.88. The van der Waals surface area contributed by atoms with Crippen molar-refractivity contribution in [3.63, 3.8) is 0 Å². The van der Waals surface area contributed by atoms with Crippen LogP contribution in [-0.4, -0.2) is 4.98 Å². The zero-order valence-electron chi connectivity index (χ0n) is 6.94. The lowest BCUT2D eigenvalue weighted by Gasteiger charge is -2.01. The highest BCUT2D eigenvalue weighted by molar-refractivity contribution is 14.1. The van der Waals surface area contributed by atoms with Gasteiger partial charge < -0.3 is 0 Å². The molecule has 0 unspecified atom stereocenters. The van der Waals surface area contributed by atoms with Gasteiger partial charge in [0.15, 0.2) is 0 Å². The summed E-state index contributed by atoms with van der Waals surface area (Å²) in [4.78, 5) is 4.27. The molecule has 1 heterocycles. The van der Waals surface area contributed by atoms with Gasteiger partial charge in [-0.25, -0.2) is 4.98 Å². The number of nitrogens with zero attached hydrogens (tertiary/aromatic N) is 1. The molecule has 0 aliphatic rings. The highest BCUT2D eigenvalue weighted by Crippen LogP contribution is 2.24. The maximum atomic E-state index is 4.27. The lowest BCUT2D eigenvalue weighted by molar-refractivity contribution is 1.31. The third-order valence-corrected chi connectivity index (χ3v) is 3.05. The van der Waals surface area contributed by atoms with E-state index >= 15 is 0 Å². The van der Waals surface area contributed by atoms with Gasteiger partial charge >= 0.3 is 0 Å². The second kappa shape index (κ2) is 3.53. The maximum absolute atomic E-state index is 4.27. The van der Waals surface area contributed by atoms with Crippen LogP contribution in [0.25, 0.3) is 10.9 Å². The Morgan fingerprint density at radius 2 is 2.15 bits per heavy atom. The summed E-state index contributed by atoms with van der Waals surface area (Å²) in [5.74, 6) is 0. The topological polar surface area (TPSA) is 12.9 Å². The minimum atomic E-state index is 1.02. The normalized spacial score (nSPS) is 10.7. The summed E-state index contributed by atoms with van der Waals surface area (Å²) in [5.41, 5.74) is 2.09. The molecule has 0 saturated carbocycles. The summed E-state index contributed by atoms with van der Waals surface area (Å²) >= 11 is 5.75. The average Bonchev–Trinajstić information content (AvgIpc) is 2.02. The van der Waals surface area contributed by atoms with E-state index in [9.17, 15) is 0 Å². The third kappa shape index (κ3) is 1.86. The van der Waals surface area contributed by atoms with Gasteiger partial charge in [-0.15, -0.1) is 0 Å². The van der Waals surface area contributed by atoms with Crippen molar-refractivity contribution in [2.75, 3.05) is 0 Å². The van der Waals surface area contributed by atoms with Gasteiger partial charge in [-0.05, 0) is 53.3 Å². The average molecular weight is 347 g/mol. The Kier molecular flexibility index (Phi) is 2.55. The van der Waals surface area contributed by atoms with Crippen molar-refractivity contribution in [2.24, 2.45) is 0 Å². The smallest absolute Gasteiger partial charge is 0.0926 e. The van der Waals surface area contributed by atoms with Crippen molar-refractivity contribution in [2.45, 2.75) is 6.92 Å². The van der Waals surface area contributed by atoms with Crippen LogP contribution in [0.2, 0.25) is 0 Å². The van der Waals surface area contributed by atoms with E-state index in [0.717, 1.165) is 24.5 Å². The molecule has 2 rings (SSSR count). The number of aromatic nitrogens is 1. The number of benzene rings is 1. The molecule has 1 aromatic carbocycles. The molecule has 0 fully saturated rings. The summed E-state index contributed by atoms with van der Waals surface area (Å²) < 4.78 is 2.25. The van der Waals surface area contributed by atoms with Gasteiger partial charge in [0.25, 0.3) is 0 Å². The molecule has 0 spiro atoms. The molecule has 0 aliphatic heterocycles. The van der Waals surface area contributed by atoms with E-state index in [2.05, 4.69) is 67.9 Å². The molecule has 0 N–H and O–H groups in total. The van der Waals surface area contributed by atoms with E-state index in [1.54, 1.807) is 0 Å². The Balaban J connectivity index is 2.86. The van der Waals surface area contributed by atoms with Crippen LogP contribution in [-0.2, 0) is 0 Å². The van der Waals surface area contributed by atoms with Gasteiger partial charge in [-0.2, -0.15) is 0 Å². The maximum Gasteiger partial charge on any atom is 0.0926 e. The third-order valence-electron chi connectivity index (χ3n) is 1.77. The molecule has 13 heavy (non-hydrogen) atoms. The molecule has 0 atom stereocenters. The molecule has 1 radical (unpaired) electrons. The second-order valence-corrected chi connectivity index (χ2v) is 4.95. The van der Waals surface area contributed by atoms with Gasteiger partial charge in [0.1, 0.15) is 0 Å². The lowest BCUT2D eigenvalue weighted by atomic mass is 10.2. The Morgan fingerprint density at radius 1 is 1.38 bits per heavy atom. The molecule has 1 nitrogen and oxygen atoms in total. The SMILES string of the molecule is Cc1[c]nc2c(I)cc(Br)cc2c1. The quantitative estimate of drug-likeness (QED) is 0.663. The number of rotatable bonds is 0. The van der Waals surface area contributed by atoms with Crippen LogP contribution in [0.3, 0.4) is 0 Å². The van der Waals surface area contributed by atoms with Crippen LogP contribution in [0.1, 0.15) is 5.56 Å². The van der Waals surface area contributed by atoms with E-state index in [4.69, 9.17) is 0 Å². The van der Waals surface area contributed by atoms with E-state index < -0.39 is 0 Å². The van der Waals surface area contributed by atoms with Crippen LogP contribution in [0.5, 0.6) is 0 Å². The first-order chi connectivity index (χ1) is 6.16. The van der Waals surface area contributed by atoms with Crippen molar-refractivity contribution in [1.29, 1.82) is 0 Å². The van der Waals surface area contributed by atoms with Crippen LogP contribution >= 0.6 is 38.5 Å². The van der Waals surface area contributed by atoms with Crippen LogP contribution in [0.4, 0.5) is 0 Å². The summed E-state index contributed by atoms with van der Waals surface area (Å²) in [6, 6.07) is 6.22. The predicted molar refractivity (Wildman–Crippen MR) is 65.7 cm³/mol. The molecular formula is C10H6BrIN. The summed E-state index contributed by atoms with van der Waals surface area (Å²) in [7, 11) is 0. The highest BCUT2D eigenvalue weighted by Gasteiger charge is 2.01. The van der Waals surface area contributed by atoms with Gasteiger partial charge in [-0.3, -0.25) is 0 Å². The van der Waals surface area contributed by atoms with Crippen molar-refractivity contribution >= 4 is 49.4 Å². The lowest BCUT2D eigenvalue weighted by Crippen LogP contribution is -1.85. The Labute approximate surface area is 98.8 Å². The molecule has 0 saturated heterocycles. The first kappa shape index (κ1) is 9.40. The number of pyridine rings is 1. The highest BCUT2D eigenvalue weighted by atomic mass is 127. The fourth-order valence-corrected chi connectivity index (χ4v) is 2.89. The first-order valence-corrected chi connectivity index (χ1v) is 5.68. The standard InChI is InChI=1S/C10H6BrIN/c1-6-2-7-3-8(11)4-9(12)10(7)13-5-6/h2-4H,1H3. The summed E-state index contributed by atoms with van der Waals surface area (Å²) in [6.45, 7) is 2.00. The number of hydrogen-bond donors (Lipinski definition) is 0. The van der Waals surface area contributed by atoms with Crippen LogP contribution in [0, 0.1) is 16.7 Å². The number of hydrogen-bond acceptors (Lipinski definition) is 1. The molecule has 0 bridgehead atoms. The predicted octanol–water partition coefficient (Wildman–Crippen LogP) is 3.71. The fourth-order valence-electron chi connectivity index (χ4n) is 1.22. The van der Waals surface area contributed by atoms with Gasteiger partial charge in [0.05, 0.1) is 11.7 Å². The minimum Gasteiger partial charge on any atom is -0.245 e. The van der Waals surface area contributed by atoms with E-state index in [-0.39, 0.29) is 0 Å². The Bertz CT molecular complexity index is 462. The number of halogens is 2. The zero-order chi connectivity index (χ0) is 9.42. The molecular weight excluding hydrogens is 341 g/mol. The van der Waals surface area contributed by atoms with Crippen molar-refractivity contribution in [3.8, 4) is 0 Å². The van der Waals surface area contributed by atoms with Gasteiger partial charge in [-0.1, -0.05) is 15.9 Å². The van der Waals surface area contributed by atoms with Crippen LogP contribution < -0.4 is 0 Å². The molecule has 0 amide bonds. The van der Waals surface area contributed by atoms with Crippen LogP contribution in [0.15, 0.2) is 22.7 Å². The monoisotopic (exact) mass is 346 g/mol. The van der Waals surface area contributed by atoms with E-state index in [1.807, 2.05) is 6.92 Å².